The Kier molecular flexibility index (Phi) is 5.37. The average molecular weight is 433 g/mol. The summed E-state index contributed by atoms with van der Waals surface area (Å²) in [5.41, 5.74) is 2.99. The first-order chi connectivity index (χ1) is 13.9. The molecule has 0 bridgehead atoms. The van der Waals surface area contributed by atoms with Crippen molar-refractivity contribution < 1.29 is 40.7 Å². The third kappa shape index (κ3) is 4.17. The molecule has 30 heavy (non-hydrogen) atoms. The normalized spacial score (nSPS) is 17.9. The van der Waals surface area contributed by atoms with Gasteiger partial charge in [-0.15, -0.1) is 0 Å². The molecule has 0 saturated carbocycles. The maximum Gasteiger partial charge on any atom is 0.416 e. The van der Waals surface area contributed by atoms with Crippen molar-refractivity contribution in [1.29, 1.82) is 0 Å². The standard InChI is InChI=1S/C18H13F6N3O3/c19-17(20,21)11-4-6-13(7-5-11)26-15(30-9-14(28)27(26)16(25)29)10-2-1-3-12(8-10)18(22,23)24/h1-8,15H,9H2,(H2,25,29). The number of halogens is 6. The van der Waals surface area contributed by atoms with Crippen molar-refractivity contribution in [3.8, 4) is 0 Å². The van der Waals surface area contributed by atoms with E-state index in [2.05, 4.69) is 0 Å². The fourth-order valence-electron chi connectivity index (χ4n) is 2.90. The molecular weight excluding hydrogens is 420 g/mol. The van der Waals surface area contributed by atoms with Crippen molar-refractivity contribution in [1.82, 2.24) is 5.01 Å². The van der Waals surface area contributed by atoms with Crippen LogP contribution in [0.4, 0.5) is 36.8 Å². The van der Waals surface area contributed by atoms with E-state index in [1.807, 2.05) is 0 Å². The molecule has 1 atom stereocenters. The van der Waals surface area contributed by atoms with Crippen molar-refractivity contribution >= 4 is 17.6 Å². The molecule has 2 N–H and O–H groups in total. The molecule has 0 spiro atoms. The molecule has 1 aliphatic rings. The molecule has 2 aromatic rings. The van der Waals surface area contributed by atoms with Crippen LogP contribution in [0.15, 0.2) is 48.5 Å². The SMILES string of the molecule is NC(=O)N1C(=O)COC(c2cccc(C(F)(F)F)c2)N1c1ccc(C(F)(F)F)cc1. The van der Waals surface area contributed by atoms with E-state index in [1.165, 1.54) is 6.07 Å². The van der Waals surface area contributed by atoms with Crippen molar-refractivity contribution in [3.63, 3.8) is 0 Å². The van der Waals surface area contributed by atoms with Crippen molar-refractivity contribution in [2.24, 2.45) is 5.73 Å². The Morgan fingerprint density at radius 3 is 2.10 bits per heavy atom. The molecule has 3 amide bonds. The van der Waals surface area contributed by atoms with E-state index in [9.17, 15) is 35.9 Å². The molecule has 6 nitrogen and oxygen atoms in total. The van der Waals surface area contributed by atoms with Gasteiger partial charge in [0.2, 0.25) is 0 Å². The summed E-state index contributed by atoms with van der Waals surface area (Å²) in [5, 5.41) is 1.22. The Bertz CT molecular complexity index is 959. The number of hydrazine groups is 1. The summed E-state index contributed by atoms with van der Waals surface area (Å²) in [6.45, 7) is -0.680. The van der Waals surface area contributed by atoms with Gasteiger partial charge in [0.15, 0.2) is 6.23 Å². The van der Waals surface area contributed by atoms with Crippen LogP contribution in [0.1, 0.15) is 22.9 Å². The molecule has 1 fully saturated rings. The molecule has 1 aliphatic heterocycles. The van der Waals surface area contributed by atoms with Crippen LogP contribution in [0.5, 0.6) is 0 Å². The number of hydrogen-bond donors (Lipinski definition) is 1. The van der Waals surface area contributed by atoms with E-state index in [1.54, 1.807) is 0 Å². The highest BCUT2D eigenvalue weighted by Gasteiger charge is 2.40. The Labute approximate surface area is 165 Å². The minimum absolute atomic E-state index is 0.0940. The number of carbonyl (C=O) groups excluding carboxylic acids is 2. The third-order valence-electron chi connectivity index (χ3n) is 4.21. The number of benzene rings is 2. The van der Waals surface area contributed by atoms with Gasteiger partial charge in [0, 0.05) is 5.56 Å². The minimum Gasteiger partial charge on any atom is -0.350 e. The van der Waals surface area contributed by atoms with Crippen LogP contribution in [0.2, 0.25) is 0 Å². The van der Waals surface area contributed by atoms with Crippen LogP contribution in [0.25, 0.3) is 0 Å². The molecule has 1 heterocycles. The number of nitrogens with zero attached hydrogens (tertiary/aromatic N) is 2. The highest BCUT2D eigenvalue weighted by atomic mass is 19.4. The van der Waals surface area contributed by atoms with E-state index in [0.717, 1.165) is 35.3 Å². The summed E-state index contributed by atoms with van der Waals surface area (Å²) in [7, 11) is 0. The Hall–Kier alpha value is -3.28. The molecule has 0 radical (unpaired) electrons. The fraction of sp³-hybridized carbons (Fsp3) is 0.222. The van der Waals surface area contributed by atoms with Gasteiger partial charge in [0.25, 0.3) is 5.91 Å². The number of ether oxygens (including phenoxy) is 1. The molecule has 160 valence electrons. The van der Waals surface area contributed by atoms with Crippen LogP contribution in [0.3, 0.4) is 0 Å². The van der Waals surface area contributed by atoms with Crippen LogP contribution >= 0.6 is 0 Å². The van der Waals surface area contributed by atoms with Gasteiger partial charge < -0.3 is 10.5 Å². The topological polar surface area (TPSA) is 75.9 Å². The molecule has 0 aliphatic carbocycles. The van der Waals surface area contributed by atoms with Gasteiger partial charge >= 0.3 is 18.4 Å². The van der Waals surface area contributed by atoms with E-state index in [4.69, 9.17) is 10.5 Å². The van der Waals surface area contributed by atoms with E-state index < -0.39 is 48.3 Å². The summed E-state index contributed by atoms with van der Waals surface area (Å²) >= 11 is 0. The van der Waals surface area contributed by atoms with Crippen LogP contribution < -0.4 is 10.7 Å². The molecule has 1 saturated heterocycles. The smallest absolute Gasteiger partial charge is 0.350 e. The number of anilines is 1. The highest BCUT2D eigenvalue weighted by Crippen LogP contribution is 2.37. The Morgan fingerprint density at radius 2 is 1.57 bits per heavy atom. The number of alkyl halides is 6. The van der Waals surface area contributed by atoms with E-state index in [-0.39, 0.29) is 11.3 Å². The number of urea groups is 1. The van der Waals surface area contributed by atoms with Gasteiger partial charge in [-0.3, -0.25) is 4.79 Å². The molecule has 12 heteroatoms. The number of hydrogen-bond acceptors (Lipinski definition) is 4. The zero-order chi connectivity index (χ0) is 22.3. The zero-order valence-corrected chi connectivity index (χ0v) is 14.9. The molecule has 3 rings (SSSR count). The third-order valence-corrected chi connectivity index (χ3v) is 4.21. The highest BCUT2D eigenvalue weighted by molar-refractivity contribution is 5.96. The maximum atomic E-state index is 13.1. The summed E-state index contributed by atoms with van der Waals surface area (Å²) in [4.78, 5) is 24.0. The Balaban J connectivity index is 2.10. The fourth-order valence-corrected chi connectivity index (χ4v) is 2.90. The van der Waals surface area contributed by atoms with Gasteiger partial charge in [-0.25, -0.2) is 9.80 Å². The average Bonchev–Trinajstić information content (AvgIpc) is 2.66. The van der Waals surface area contributed by atoms with Crippen molar-refractivity contribution in [2.75, 3.05) is 11.6 Å². The first-order valence-electron chi connectivity index (χ1n) is 8.27. The van der Waals surface area contributed by atoms with Crippen molar-refractivity contribution in [3.05, 3.63) is 65.2 Å². The maximum absolute atomic E-state index is 13.1. The van der Waals surface area contributed by atoms with Gasteiger partial charge in [-0.1, -0.05) is 12.1 Å². The Morgan fingerprint density at radius 1 is 0.967 bits per heavy atom. The predicted octanol–water partition coefficient (Wildman–Crippen LogP) is 4.08. The van der Waals surface area contributed by atoms with Crippen LogP contribution in [-0.2, 0) is 21.9 Å². The predicted molar refractivity (Wildman–Crippen MR) is 90.5 cm³/mol. The number of amides is 3. The summed E-state index contributed by atoms with van der Waals surface area (Å²) in [6, 6.07) is 5.91. The first-order valence-corrected chi connectivity index (χ1v) is 8.27. The van der Waals surface area contributed by atoms with Gasteiger partial charge in [-0.2, -0.15) is 31.4 Å². The van der Waals surface area contributed by atoms with Crippen LogP contribution in [0, 0.1) is 0 Å². The van der Waals surface area contributed by atoms with E-state index in [0.29, 0.717) is 17.1 Å². The molecular formula is C18H13F6N3O3. The second-order valence-electron chi connectivity index (χ2n) is 6.22. The lowest BCUT2D eigenvalue weighted by Gasteiger charge is -2.43. The van der Waals surface area contributed by atoms with Gasteiger partial charge in [0.1, 0.15) is 6.61 Å². The number of nitrogens with two attached hydrogens (primary N) is 1. The number of rotatable bonds is 2. The second kappa shape index (κ2) is 7.52. The summed E-state index contributed by atoms with van der Waals surface area (Å²) < 4.78 is 83.1. The van der Waals surface area contributed by atoms with Gasteiger partial charge in [-0.05, 0) is 36.4 Å². The van der Waals surface area contributed by atoms with Crippen LogP contribution in [-0.4, -0.2) is 23.6 Å². The first kappa shape index (κ1) is 21.4. The monoisotopic (exact) mass is 433 g/mol. The molecule has 2 aromatic carbocycles. The lowest BCUT2D eigenvalue weighted by molar-refractivity contribution is -0.147. The minimum atomic E-state index is -4.68. The number of imide groups is 1. The van der Waals surface area contributed by atoms with Crippen molar-refractivity contribution in [2.45, 2.75) is 18.6 Å². The quantitative estimate of drug-likeness (QED) is 0.725. The molecule has 1 unspecified atom stereocenters. The summed E-state index contributed by atoms with van der Waals surface area (Å²) in [6.07, 6.45) is -10.8. The largest absolute Gasteiger partial charge is 0.416 e. The molecule has 0 aromatic heterocycles. The van der Waals surface area contributed by atoms with E-state index >= 15 is 0 Å². The zero-order valence-electron chi connectivity index (χ0n) is 14.9. The second-order valence-corrected chi connectivity index (χ2v) is 6.22. The number of carbonyl (C=O) groups is 2. The lowest BCUT2D eigenvalue weighted by atomic mass is 10.1. The lowest BCUT2D eigenvalue weighted by Crippen LogP contribution is -2.59. The summed E-state index contributed by atoms with van der Waals surface area (Å²) in [5.74, 6) is -0.939. The van der Waals surface area contributed by atoms with Gasteiger partial charge in [0.05, 0.1) is 16.8 Å². The number of primary amides is 1.